The number of nitrogens with one attached hydrogen (secondary N) is 1. The van der Waals surface area contributed by atoms with E-state index >= 15 is 0 Å². The number of rotatable bonds is 7. The Kier molecular flexibility index (Phi) is 7.08. The molecule has 0 saturated heterocycles. The van der Waals surface area contributed by atoms with Crippen LogP contribution < -0.4 is 5.73 Å². The first-order valence-electron chi connectivity index (χ1n) is 3.67. The first-order valence-corrected chi connectivity index (χ1v) is 3.67. The Morgan fingerprint density at radius 3 is 2.64 bits per heavy atom. The zero-order valence-electron chi connectivity index (χ0n) is 6.93. The van der Waals surface area contributed by atoms with Gasteiger partial charge in [0.15, 0.2) is 0 Å². The van der Waals surface area contributed by atoms with Gasteiger partial charge in [0, 0.05) is 26.7 Å². The van der Waals surface area contributed by atoms with Crippen molar-refractivity contribution in [1.29, 1.82) is 5.41 Å². The third-order valence-corrected chi connectivity index (χ3v) is 1.15. The monoisotopic (exact) mass is 160 g/mol. The number of methoxy groups -OCH3 is 1. The van der Waals surface area contributed by atoms with Crippen LogP contribution in [0.25, 0.3) is 0 Å². The van der Waals surface area contributed by atoms with E-state index in [0.717, 1.165) is 13.0 Å². The zero-order chi connectivity index (χ0) is 8.53. The van der Waals surface area contributed by atoms with Crippen molar-refractivity contribution in [3.05, 3.63) is 0 Å². The highest BCUT2D eigenvalue weighted by molar-refractivity contribution is 5.76. The first-order chi connectivity index (χ1) is 5.27. The van der Waals surface area contributed by atoms with Gasteiger partial charge < -0.3 is 15.2 Å². The van der Waals surface area contributed by atoms with Crippen LogP contribution in [-0.4, -0.2) is 32.8 Å². The van der Waals surface area contributed by atoms with Gasteiger partial charge in [0.05, 0.1) is 12.4 Å². The predicted octanol–water partition coefficient (Wildman–Crippen LogP) is 0.366. The quantitative estimate of drug-likeness (QED) is 0.321. The van der Waals surface area contributed by atoms with Gasteiger partial charge in [-0.2, -0.15) is 0 Å². The molecule has 0 unspecified atom stereocenters. The van der Waals surface area contributed by atoms with Crippen LogP contribution in [0.2, 0.25) is 0 Å². The number of hydrogen-bond donors (Lipinski definition) is 2. The van der Waals surface area contributed by atoms with E-state index in [0.29, 0.717) is 19.6 Å². The maximum absolute atomic E-state index is 6.88. The van der Waals surface area contributed by atoms with E-state index in [1.54, 1.807) is 7.11 Å². The first kappa shape index (κ1) is 10.4. The van der Waals surface area contributed by atoms with E-state index in [9.17, 15) is 0 Å². The summed E-state index contributed by atoms with van der Waals surface area (Å²) in [7, 11) is 1.66. The Hall–Kier alpha value is -0.610. The largest absolute Gasteiger partial charge is 0.388 e. The molecule has 0 amide bonds. The molecular formula is C7H16N2O2. The van der Waals surface area contributed by atoms with Crippen LogP contribution in [-0.2, 0) is 9.47 Å². The Morgan fingerprint density at radius 1 is 1.36 bits per heavy atom. The summed E-state index contributed by atoms with van der Waals surface area (Å²) in [5.74, 6) is 0.178. The van der Waals surface area contributed by atoms with Crippen molar-refractivity contribution < 1.29 is 9.47 Å². The lowest BCUT2D eigenvalue weighted by Gasteiger charge is -2.01. The molecule has 0 aliphatic carbocycles. The van der Waals surface area contributed by atoms with Crippen LogP contribution in [0.4, 0.5) is 0 Å². The van der Waals surface area contributed by atoms with Crippen LogP contribution in [0.1, 0.15) is 12.8 Å². The van der Waals surface area contributed by atoms with Crippen LogP contribution in [0, 0.1) is 5.41 Å². The second-order valence-electron chi connectivity index (χ2n) is 2.23. The molecule has 4 nitrogen and oxygen atoms in total. The fraction of sp³-hybridized carbons (Fsp3) is 0.857. The molecule has 0 saturated carbocycles. The molecule has 0 rings (SSSR count). The van der Waals surface area contributed by atoms with Crippen molar-refractivity contribution in [3.8, 4) is 0 Å². The molecule has 0 heterocycles. The van der Waals surface area contributed by atoms with Crippen molar-refractivity contribution in [3.63, 3.8) is 0 Å². The summed E-state index contributed by atoms with van der Waals surface area (Å²) >= 11 is 0. The lowest BCUT2D eigenvalue weighted by molar-refractivity contribution is 0.107. The van der Waals surface area contributed by atoms with Gasteiger partial charge in [-0.05, 0) is 6.42 Å². The van der Waals surface area contributed by atoms with E-state index in [2.05, 4.69) is 0 Å². The number of amidine groups is 1. The number of nitrogens with two attached hydrogens (primary N) is 1. The van der Waals surface area contributed by atoms with Crippen molar-refractivity contribution in [2.75, 3.05) is 26.9 Å². The molecule has 0 aromatic heterocycles. The molecule has 4 heteroatoms. The molecule has 0 fully saturated rings. The number of hydrogen-bond acceptors (Lipinski definition) is 3. The standard InChI is InChI=1S/C7H16N2O2/c1-10-4-2-5-11-6-3-7(8)9/h2-6H2,1H3,(H3,8,9). The summed E-state index contributed by atoms with van der Waals surface area (Å²) in [5.41, 5.74) is 5.11. The minimum Gasteiger partial charge on any atom is -0.388 e. The van der Waals surface area contributed by atoms with Gasteiger partial charge in [-0.15, -0.1) is 0 Å². The average molecular weight is 160 g/mol. The average Bonchev–Trinajstić information content (AvgIpc) is 1.96. The normalized spacial score (nSPS) is 9.91. The topological polar surface area (TPSA) is 68.3 Å². The molecule has 3 N–H and O–H groups in total. The fourth-order valence-electron chi connectivity index (χ4n) is 0.590. The zero-order valence-corrected chi connectivity index (χ0v) is 6.93. The maximum Gasteiger partial charge on any atom is 0.0928 e. The van der Waals surface area contributed by atoms with Crippen LogP contribution in [0.3, 0.4) is 0 Å². The molecular weight excluding hydrogens is 144 g/mol. The lowest BCUT2D eigenvalue weighted by atomic mass is 10.4. The van der Waals surface area contributed by atoms with E-state index in [4.69, 9.17) is 20.6 Å². The summed E-state index contributed by atoms with van der Waals surface area (Å²) in [6.07, 6.45) is 1.42. The van der Waals surface area contributed by atoms with Gasteiger partial charge in [-0.25, -0.2) is 0 Å². The molecule has 0 spiro atoms. The van der Waals surface area contributed by atoms with Crippen molar-refractivity contribution in [1.82, 2.24) is 0 Å². The van der Waals surface area contributed by atoms with E-state index < -0.39 is 0 Å². The summed E-state index contributed by atoms with van der Waals surface area (Å²) in [4.78, 5) is 0. The smallest absolute Gasteiger partial charge is 0.0928 e. The van der Waals surface area contributed by atoms with E-state index in [-0.39, 0.29) is 5.84 Å². The highest BCUT2D eigenvalue weighted by Gasteiger charge is 1.90. The molecule has 66 valence electrons. The molecule has 11 heavy (non-hydrogen) atoms. The van der Waals surface area contributed by atoms with Crippen LogP contribution >= 0.6 is 0 Å². The van der Waals surface area contributed by atoms with Crippen molar-refractivity contribution in [2.45, 2.75) is 12.8 Å². The third-order valence-electron chi connectivity index (χ3n) is 1.15. The summed E-state index contributed by atoms with van der Waals surface area (Å²) in [5, 5.41) is 6.88. The Bertz CT molecular complexity index is 107. The minimum atomic E-state index is 0.178. The second kappa shape index (κ2) is 7.50. The summed E-state index contributed by atoms with van der Waals surface area (Å²) in [6.45, 7) is 1.94. The van der Waals surface area contributed by atoms with Gasteiger partial charge >= 0.3 is 0 Å². The van der Waals surface area contributed by atoms with Gasteiger partial charge in [0.25, 0.3) is 0 Å². The Balaban J connectivity index is 2.85. The highest BCUT2D eigenvalue weighted by Crippen LogP contribution is 1.85. The van der Waals surface area contributed by atoms with Crippen molar-refractivity contribution in [2.24, 2.45) is 5.73 Å². The van der Waals surface area contributed by atoms with Gasteiger partial charge in [0.1, 0.15) is 0 Å². The van der Waals surface area contributed by atoms with E-state index in [1.807, 2.05) is 0 Å². The van der Waals surface area contributed by atoms with Crippen molar-refractivity contribution >= 4 is 5.84 Å². The number of ether oxygens (including phenoxy) is 2. The van der Waals surface area contributed by atoms with Crippen LogP contribution in [0.15, 0.2) is 0 Å². The SMILES string of the molecule is COCCCOCCC(=N)N. The molecule has 0 aromatic rings. The molecule has 0 aliphatic heterocycles. The summed E-state index contributed by atoms with van der Waals surface area (Å²) in [6, 6.07) is 0. The summed E-state index contributed by atoms with van der Waals surface area (Å²) < 4.78 is 9.97. The van der Waals surface area contributed by atoms with E-state index in [1.165, 1.54) is 0 Å². The molecule has 0 bridgehead atoms. The maximum atomic E-state index is 6.88. The Labute approximate surface area is 67.2 Å². The third kappa shape index (κ3) is 9.39. The fourth-order valence-corrected chi connectivity index (χ4v) is 0.590. The second-order valence-corrected chi connectivity index (χ2v) is 2.23. The predicted molar refractivity (Wildman–Crippen MR) is 43.8 cm³/mol. The van der Waals surface area contributed by atoms with Gasteiger partial charge in [-0.1, -0.05) is 0 Å². The van der Waals surface area contributed by atoms with Crippen LogP contribution in [0.5, 0.6) is 0 Å². The van der Waals surface area contributed by atoms with Gasteiger partial charge in [-0.3, -0.25) is 5.41 Å². The highest BCUT2D eigenvalue weighted by atomic mass is 16.5. The van der Waals surface area contributed by atoms with Gasteiger partial charge in [0.2, 0.25) is 0 Å². The Morgan fingerprint density at radius 2 is 2.09 bits per heavy atom. The lowest BCUT2D eigenvalue weighted by Crippen LogP contribution is -2.13. The minimum absolute atomic E-state index is 0.178. The molecule has 0 radical (unpaired) electrons. The molecule has 0 aromatic carbocycles. The molecule has 0 atom stereocenters. The molecule has 0 aliphatic rings.